The fourth-order valence-corrected chi connectivity index (χ4v) is 0.224. The Morgan fingerprint density at radius 2 is 1.25 bits per heavy atom. The van der Waals surface area contributed by atoms with Crippen LogP contribution in [0.3, 0.4) is 0 Å². The molecule has 0 saturated carbocycles. The molecule has 0 N–H and O–H groups in total. The summed E-state index contributed by atoms with van der Waals surface area (Å²) in [4.78, 5) is 0. The van der Waals surface area contributed by atoms with E-state index in [1.807, 2.05) is 0 Å². The van der Waals surface area contributed by atoms with Crippen LogP contribution in [0.2, 0.25) is 0 Å². The molecular weight excluding hydrogens is 144 g/mol. The molecule has 0 rings (SSSR count). The molecule has 0 aliphatic carbocycles. The first-order valence-corrected chi connectivity index (χ1v) is 3.43. The molecule has 0 atom stereocenters. The van der Waals surface area contributed by atoms with Gasteiger partial charge in [-0.05, 0) is 0 Å². The Hall–Kier alpha value is 0.140. The summed E-state index contributed by atoms with van der Waals surface area (Å²) in [6.45, 7) is 0. The average molecular weight is 150 g/mol. The minimum atomic E-state index is -6.60. The number of hydrogen-bond donors (Lipinski definition) is 0. The van der Waals surface area contributed by atoms with Gasteiger partial charge in [-0.15, -0.1) is 0 Å². The van der Waals surface area contributed by atoms with Gasteiger partial charge >= 0.3 is 43.8 Å². The topological polar surface area (TPSA) is 18.5 Å². The number of hydrogen-bond acceptors (Lipinski definition) is 2. The molecule has 0 saturated heterocycles. The third-order valence-corrected chi connectivity index (χ3v) is 1.69. The van der Waals surface area contributed by atoms with E-state index in [-0.39, 0.29) is 0 Å². The van der Waals surface area contributed by atoms with E-state index in [1.54, 1.807) is 0 Å². The molecule has 0 fully saturated rings. The second-order valence-corrected chi connectivity index (χ2v) is 3.14. The van der Waals surface area contributed by atoms with Gasteiger partial charge in [0.15, 0.2) is 0 Å². The molecule has 0 aliphatic heterocycles. The van der Waals surface area contributed by atoms with Gasteiger partial charge in [-0.3, -0.25) is 0 Å². The number of halogens is 3. The Bertz CT molecular complexity index is 79.0. The first-order valence-electron chi connectivity index (χ1n) is 1.69. The van der Waals surface area contributed by atoms with Crippen molar-refractivity contribution >= 4 is 7.99 Å². The van der Waals surface area contributed by atoms with Gasteiger partial charge in [-0.25, -0.2) is 0 Å². The molecule has 8 heavy (non-hydrogen) atoms. The molecular formula is C2H6F3O2P. The monoisotopic (exact) mass is 150 g/mol. The summed E-state index contributed by atoms with van der Waals surface area (Å²) in [5.74, 6) is 0. The molecule has 0 aromatic heterocycles. The van der Waals surface area contributed by atoms with Crippen LogP contribution in [0.5, 0.6) is 0 Å². The first-order chi connectivity index (χ1) is 3.39. The fraction of sp³-hybridized carbons (Fsp3) is 1.00. The number of rotatable bonds is 2. The Balaban J connectivity index is 3.99. The summed E-state index contributed by atoms with van der Waals surface area (Å²) in [7, 11) is -5.49. The van der Waals surface area contributed by atoms with Crippen LogP contribution in [0, 0.1) is 0 Å². The fourth-order valence-electron chi connectivity index (χ4n) is 0.0745. The van der Waals surface area contributed by atoms with Crippen molar-refractivity contribution in [3.63, 3.8) is 0 Å². The van der Waals surface area contributed by atoms with Gasteiger partial charge in [0.1, 0.15) is 0 Å². The van der Waals surface area contributed by atoms with E-state index in [2.05, 4.69) is 9.05 Å². The van der Waals surface area contributed by atoms with Crippen LogP contribution in [-0.4, -0.2) is 14.2 Å². The van der Waals surface area contributed by atoms with Gasteiger partial charge in [0.2, 0.25) is 0 Å². The van der Waals surface area contributed by atoms with E-state index in [4.69, 9.17) is 0 Å². The van der Waals surface area contributed by atoms with Gasteiger partial charge in [0, 0.05) is 0 Å². The average Bonchev–Trinajstić information content (AvgIpc) is 1.68. The van der Waals surface area contributed by atoms with Crippen molar-refractivity contribution in [2.75, 3.05) is 14.2 Å². The van der Waals surface area contributed by atoms with Crippen molar-refractivity contribution in [2.24, 2.45) is 0 Å². The van der Waals surface area contributed by atoms with Crippen molar-refractivity contribution in [2.45, 2.75) is 0 Å². The molecule has 0 heterocycles. The second kappa shape index (κ2) is 1.83. The van der Waals surface area contributed by atoms with Gasteiger partial charge in [0.25, 0.3) is 0 Å². The Labute approximate surface area is 45.0 Å². The van der Waals surface area contributed by atoms with Gasteiger partial charge in [-0.2, -0.15) is 0 Å². The summed E-state index contributed by atoms with van der Waals surface area (Å²) in [5, 5.41) is 0. The van der Waals surface area contributed by atoms with Crippen LogP contribution in [0.25, 0.3) is 0 Å². The molecule has 6 heteroatoms. The van der Waals surface area contributed by atoms with E-state index >= 15 is 0 Å². The predicted octanol–water partition coefficient (Wildman–Crippen LogP) is 2.32. The van der Waals surface area contributed by atoms with E-state index in [0.29, 0.717) is 14.2 Å². The minimum absolute atomic E-state index is 0.557. The third-order valence-electron chi connectivity index (χ3n) is 0.563. The van der Waals surface area contributed by atoms with Crippen molar-refractivity contribution in [3.05, 3.63) is 0 Å². The van der Waals surface area contributed by atoms with Gasteiger partial charge in [-0.1, -0.05) is 0 Å². The van der Waals surface area contributed by atoms with Crippen LogP contribution < -0.4 is 0 Å². The van der Waals surface area contributed by atoms with Crippen LogP contribution in [0.15, 0.2) is 0 Å². The summed E-state index contributed by atoms with van der Waals surface area (Å²) >= 11 is 0. The van der Waals surface area contributed by atoms with Gasteiger partial charge < -0.3 is 0 Å². The molecule has 0 aromatic rings. The second-order valence-electron chi connectivity index (χ2n) is 1.05. The Morgan fingerprint density at radius 1 is 1.00 bits per heavy atom. The Kier molecular flexibility index (Phi) is 1.86. The summed E-state index contributed by atoms with van der Waals surface area (Å²) in [6.07, 6.45) is 0. The maximum absolute atomic E-state index is 11.6. The SMILES string of the molecule is COP(F)(F)(F)OC. The van der Waals surface area contributed by atoms with E-state index in [9.17, 15) is 12.6 Å². The molecule has 0 aliphatic rings. The molecule has 0 aromatic carbocycles. The molecule has 0 bridgehead atoms. The molecule has 52 valence electrons. The van der Waals surface area contributed by atoms with Crippen molar-refractivity contribution < 1.29 is 21.6 Å². The Morgan fingerprint density at radius 3 is 1.25 bits per heavy atom. The van der Waals surface area contributed by atoms with Crippen LogP contribution in [0.4, 0.5) is 12.6 Å². The van der Waals surface area contributed by atoms with Gasteiger partial charge in [0.05, 0.1) is 0 Å². The standard InChI is InChI=1S/C2H6F3O2P/c1-6-8(3,4,5)7-2/h1-2H3. The molecule has 0 amide bonds. The zero-order chi connectivity index (χ0) is 6.86. The predicted molar refractivity (Wildman–Crippen MR) is 24.3 cm³/mol. The van der Waals surface area contributed by atoms with Crippen LogP contribution in [-0.2, 0) is 9.05 Å². The summed E-state index contributed by atoms with van der Waals surface area (Å²) in [6, 6.07) is 0. The zero-order valence-corrected chi connectivity index (χ0v) is 5.29. The maximum atomic E-state index is 11.6. The molecule has 2 nitrogen and oxygen atoms in total. The van der Waals surface area contributed by atoms with Crippen molar-refractivity contribution in [1.29, 1.82) is 0 Å². The molecule has 0 unspecified atom stereocenters. The quantitative estimate of drug-likeness (QED) is 0.562. The van der Waals surface area contributed by atoms with Crippen LogP contribution >= 0.6 is 7.99 Å². The first kappa shape index (κ1) is 8.14. The zero-order valence-electron chi connectivity index (χ0n) is 4.40. The summed E-state index contributed by atoms with van der Waals surface area (Å²) < 4.78 is 41.1. The van der Waals surface area contributed by atoms with Crippen LogP contribution in [0.1, 0.15) is 0 Å². The van der Waals surface area contributed by atoms with E-state index < -0.39 is 7.99 Å². The third kappa shape index (κ3) is 2.45. The molecule has 0 spiro atoms. The van der Waals surface area contributed by atoms with E-state index in [0.717, 1.165) is 0 Å². The van der Waals surface area contributed by atoms with Crippen molar-refractivity contribution in [1.82, 2.24) is 0 Å². The normalized spacial score (nSPS) is 17.4. The van der Waals surface area contributed by atoms with Crippen molar-refractivity contribution in [3.8, 4) is 0 Å². The summed E-state index contributed by atoms with van der Waals surface area (Å²) in [5.41, 5.74) is 0. The van der Waals surface area contributed by atoms with E-state index in [1.165, 1.54) is 0 Å². The molecule has 0 radical (unpaired) electrons.